The Morgan fingerprint density at radius 3 is 2.89 bits per heavy atom. The van der Waals surface area contributed by atoms with E-state index in [2.05, 4.69) is 10.6 Å². The van der Waals surface area contributed by atoms with Gasteiger partial charge in [0.25, 0.3) is 5.91 Å². The molecule has 0 aliphatic carbocycles. The predicted molar refractivity (Wildman–Crippen MR) is 73.7 cm³/mol. The maximum atomic E-state index is 13.3. The number of amides is 1. The van der Waals surface area contributed by atoms with E-state index in [4.69, 9.17) is 0 Å². The number of benzene rings is 1. The molecule has 19 heavy (non-hydrogen) atoms. The van der Waals surface area contributed by atoms with Gasteiger partial charge in [-0.25, -0.2) is 4.39 Å². The summed E-state index contributed by atoms with van der Waals surface area (Å²) in [6.45, 7) is 5.79. The molecule has 1 fully saturated rings. The molecule has 1 aromatic carbocycles. The molecule has 1 aliphatic heterocycles. The number of piperidine rings is 1. The SMILES string of the molecule is Cc1cc(F)cc(C(=O)NC(C)C2CCCNC2)c1. The quantitative estimate of drug-likeness (QED) is 0.879. The largest absolute Gasteiger partial charge is 0.349 e. The van der Waals surface area contributed by atoms with E-state index in [0.29, 0.717) is 11.5 Å². The molecular formula is C15H21FN2O. The lowest BCUT2D eigenvalue weighted by atomic mass is 9.92. The third-order valence-corrected chi connectivity index (χ3v) is 3.71. The molecule has 1 saturated heterocycles. The molecule has 0 spiro atoms. The van der Waals surface area contributed by atoms with Gasteiger partial charge in [-0.2, -0.15) is 0 Å². The first kappa shape index (κ1) is 14.0. The third kappa shape index (κ3) is 3.77. The van der Waals surface area contributed by atoms with Crippen LogP contribution < -0.4 is 10.6 Å². The maximum Gasteiger partial charge on any atom is 0.251 e. The fourth-order valence-corrected chi connectivity index (χ4v) is 2.58. The van der Waals surface area contributed by atoms with Gasteiger partial charge >= 0.3 is 0 Å². The van der Waals surface area contributed by atoms with Crippen molar-refractivity contribution in [1.82, 2.24) is 10.6 Å². The average molecular weight is 264 g/mol. The van der Waals surface area contributed by atoms with Gasteiger partial charge in [0, 0.05) is 11.6 Å². The molecule has 1 aliphatic rings. The van der Waals surface area contributed by atoms with Crippen molar-refractivity contribution >= 4 is 5.91 Å². The number of hydrogen-bond donors (Lipinski definition) is 2. The van der Waals surface area contributed by atoms with Crippen LogP contribution in [0.3, 0.4) is 0 Å². The van der Waals surface area contributed by atoms with E-state index in [1.807, 2.05) is 6.92 Å². The first-order chi connectivity index (χ1) is 9.06. The maximum absolute atomic E-state index is 13.3. The molecule has 0 aromatic heterocycles. The highest BCUT2D eigenvalue weighted by Gasteiger charge is 2.21. The molecule has 1 amide bonds. The van der Waals surface area contributed by atoms with Crippen LogP contribution in [0.5, 0.6) is 0 Å². The first-order valence-electron chi connectivity index (χ1n) is 6.85. The fourth-order valence-electron chi connectivity index (χ4n) is 2.58. The molecule has 1 aromatic rings. The van der Waals surface area contributed by atoms with Crippen molar-refractivity contribution in [3.63, 3.8) is 0 Å². The molecule has 2 atom stereocenters. The summed E-state index contributed by atoms with van der Waals surface area (Å²) in [5.41, 5.74) is 1.16. The normalized spacial score (nSPS) is 20.9. The lowest BCUT2D eigenvalue weighted by Gasteiger charge is -2.29. The predicted octanol–water partition coefficient (Wildman–Crippen LogP) is 2.25. The van der Waals surface area contributed by atoms with Gasteiger partial charge in [0.15, 0.2) is 0 Å². The number of aryl methyl sites for hydroxylation is 1. The van der Waals surface area contributed by atoms with Gasteiger partial charge in [0.2, 0.25) is 0 Å². The number of halogens is 1. The van der Waals surface area contributed by atoms with Crippen molar-refractivity contribution in [1.29, 1.82) is 0 Å². The second-order valence-corrected chi connectivity index (χ2v) is 5.39. The number of carbonyl (C=O) groups excluding carboxylic acids is 1. The molecule has 2 rings (SSSR count). The van der Waals surface area contributed by atoms with E-state index in [0.717, 1.165) is 31.5 Å². The van der Waals surface area contributed by atoms with Crippen LogP contribution in [0.2, 0.25) is 0 Å². The highest BCUT2D eigenvalue weighted by Crippen LogP contribution is 2.15. The molecule has 0 saturated carbocycles. The van der Waals surface area contributed by atoms with Gasteiger partial charge in [0.05, 0.1) is 0 Å². The van der Waals surface area contributed by atoms with Crippen LogP contribution in [0.15, 0.2) is 18.2 Å². The van der Waals surface area contributed by atoms with Crippen LogP contribution in [0.4, 0.5) is 4.39 Å². The fraction of sp³-hybridized carbons (Fsp3) is 0.533. The van der Waals surface area contributed by atoms with Crippen LogP contribution in [-0.2, 0) is 0 Å². The Morgan fingerprint density at radius 2 is 2.26 bits per heavy atom. The molecule has 0 bridgehead atoms. The molecule has 1 heterocycles. The van der Waals surface area contributed by atoms with E-state index in [-0.39, 0.29) is 17.8 Å². The second-order valence-electron chi connectivity index (χ2n) is 5.39. The summed E-state index contributed by atoms with van der Waals surface area (Å²) in [5, 5.41) is 6.31. The summed E-state index contributed by atoms with van der Waals surface area (Å²) in [5.74, 6) is -0.106. The van der Waals surface area contributed by atoms with Crippen LogP contribution in [-0.4, -0.2) is 25.0 Å². The van der Waals surface area contributed by atoms with Crippen molar-refractivity contribution in [3.05, 3.63) is 35.1 Å². The molecular weight excluding hydrogens is 243 g/mol. The van der Waals surface area contributed by atoms with Gasteiger partial charge in [-0.3, -0.25) is 4.79 Å². The van der Waals surface area contributed by atoms with Gasteiger partial charge in [0.1, 0.15) is 5.82 Å². The van der Waals surface area contributed by atoms with E-state index >= 15 is 0 Å². The van der Waals surface area contributed by atoms with Crippen LogP contribution in [0, 0.1) is 18.7 Å². The van der Waals surface area contributed by atoms with E-state index < -0.39 is 0 Å². The van der Waals surface area contributed by atoms with Crippen molar-refractivity contribution < 1.29 is 9.18 Å². The summed E-state index contributed by atoms with van der Waals surface area (Å²) in [4.78, 5) is 12.1. The number of nitrogens with one attached hydrogen (secondary N) is 2. The molecule has 4 heteroatoms. The molecule has 2 N–H and O–H groups in total. The van der Waals surface area contributed by atoms with Crippen LogP contribution in [0.1, 0.15) is 35.7 Å². The summed E-state index contributed by atoms with van der Waals surface area (Å²) >= 11 is 0. The third-order valence-electron chi connectivity index (χ3n) is 3.71. The van der Waals surface area contributed by atoms with Gasteiger partial charge in [-0.1, -0.05) is 0 Å². The zero-order valence-electron chi connectivity index (χ0n) is 11.5. The van der Waals surface area contributed by atoms with Gasteiger partial charge in [-0.15, -0.1) is 0 Å². The van der Waals surface area contributed by atoms with Gasteiger partial charge in [-0.05, 0) is 69.5 Å². The average Bonchev–Trinajstić information content (AvgIpc) is 2.38. The van der Waals surface area contributed by atoms with Crippen LogP contribution >= 0.6 is 0 Å². The highest BCUT2D eigenvalue weighted by atomic mass is 19.1. The summed E-state index contributed by atoms with van der Waals surface area (Å²) in [6, 6.07) is 4.52. The Morgan fingerprint density at radius 1 is 1.47 bits per heavy atom. The minimum atomic E-state index is -0.364. The van der Waals surface area contributed by atoms with E-state index in [9.17, 15) is 9.18 Å². The Hall–Kier alpha value is -1.42. The highest BCUT2D eigenvalue weighted by molar-refractivity contribution is 5.94. The Kier molecular flexibility index (Phi) is 4.53. The van der Waals surface area contributed by atoms with E-state index in [1.165, 1.54) is 12.1 Å². The minimum absolute atomic E-state index is 0.101. The van der Waals surface area contributed by atoms with Gasteiger partial charge < -0.3 is 10.6 Å². The van der Waals surface area contributed by atoms with Crippen molar-refractivity contribution in [2.45, 2.75) is 32.7 Å². The lowest BCUT2D eigenvalue weighted by Crippen LogP contribution is -2.44. The zero-order valence-corrected chi connectivity index (χ0v) is 11.5. The number of carbonyl (C=O) groups is 1. The molecule has 2 unspecified atom stereocenters. The van der Waals surface area contributed by atoms with E-state index in [1.54, 1.807) is 13.0 Å². The Labute approximate surface area is 113 Å². The van der Waals surface area contributed by atoms with Crippen molar-refractivity contribution in [2.24, 2.45) is 5.92 Å². The molecule has 0 radical (unpaired) electrons. The molecule has 104 valence electrons. The lowest BCUT2D eigenvalue weighted by molar-refractivity contribution is 0.0921. The molecule has 3 nitrogen and oxygen atoms in total. The Bertz CT molecular complexity index is 435. The summed E-state index contributed by atoms with van der Waals surface area (Å²) in [6.07, 6.45) is 2.26. The first-order valence-corrected chi connectivity index (χ1v) is 6.85. The minimum Gasteiger partial charge on any atom is -0.349 e. The van der Waals surface area contributed by atoms with Crippen LogP contribution in [0.25, 0.3) is 0 Å². The topological polar surface area (TPSA) is 41.1 Å². The Balaban J connectivity index is 1.99. The summed E-state index contributed by atoms with van der Waals surface area (Å²) in [7, 11) is 0. The van der Waals surface area contributed by atoms with Crippen molar-refractivity contribution in [2.75, 3.05) is 13.1 Å². The zero-order chi connectivity index (χ0) is 13.8. The number of rotatable bonds is 3. The number of hydrogen-bond acceptors (Lipinski definition) is 2. The monoisotopic (exact) mass is 264 g/mol. The standard InChI is InChI=1S/C15H21FN2O/c1-10-6-13(8-14(16)7-10)15(19)18-11(2)12-4-3-5-17-9-12/h6-8,11-12,17H,3-5,9H2,1-2H3,(H,18,19). The smallest absolute Gasteiger partial charge is 0.251 e. The second kappa shape index (κ2) is 6.15. The van der Waals surface area contributed by atoms with Crippen molar-refractivity contribution in [3.8, 4) is 0 Å². The summed E-state index contributed by atoms with van der Waals surface area (Å²) < 4.78 is 13.3.